The van der Waals surface area contributed by atoms with Crippen molar-refractivity contribution < 1.29 is 40.9 Å². The maximum absolute atomic E-state index is 11.8. The van der Waals surface area contributed by atoms with Crippen molar-refractivity contribution in [3.05, 3.63) is 186 Å². The normalized spacial score (nSPS) is 12.9. The van der Waals surface area contributed by atoms with Crippen LogP contribution in [0.25, 0.3) is 0 Å². The molecule has 0 unspecified atom stereocenters. The van der Waals surface area contributed by atoms with Crippen LogP contribution >= 0.6 is 0 Å². The molecule has 16 nitrogen and oxygen atoms in total. The number of nitrogens with two attached hydrogens (primary N) is 8. The fourth-order valence-corrected chi connectivity index (χ4v) is 10.1. The third kappa shape index (κ3) is 9.48. The van der Waals surface area contributed by atoms with Crippen LogP contribution in [0.3, 0.4) is 0 Å². The van der Waals surface area contributed by atoms with Crippen LogP contribution in [0.1, 0.15) is 89.0 Å². The Hall–Kier alpha value is -9.44. The second-order valence-electron chi connectivity index (χ2n) is 18.9. The van der Waals surface area contributed by atoms with Gasteiger partial charge in [-0.1, -0.05) is 0 Å². The van der Waals surface area contributed by atoms with Crippen LogP contribution in [0, 0.1) is 0 Å². The maximum Gasteiger partial charge on any atom is 0.122 e. The SMILES string of the molecule is Nc1cc2c(O)c(c1)Cc1cc(N)cc(c1O)Cc1cc(N)cc(c1O)Cc1cc(N)cc(c1O)Cc1cc(N)cc(c1O)Cc1cc(N)cc(c1O)Cc1cc(N)cc(c1O)Cc1cc(N)cc(c1O)C2. The maximum atomic E-state index is 11.8. The lowest BCUT2D eigenvalue weighted by Gasteiger charge is -2.18. The Kier molecular flexibility index (Phi) is 12.2. The van der Waals surface area contributed by atoms with Gasteiger partial charge in [0.2, 0.25) is 0 Å². The fourth-order valence-electron chi connectivity index (χ4n) is 10.1. The number of benzene rings is 8. The lowest BCUT2D eigenvalue weighted by molar-refractivity contribution is 0.452. The zero-order valence-corrected chi connectivity index (χ0v) is 39.1. The first kappa shape index (κ1) is 47.6. The minimum absolute atomic E-state index is 0.0204. The number of fused-ring (bicyclic) bond motifs is 16. The van der Waals surface area contributed by atoms with E-state index in [1.165, 1.54) is 0 Å². The number of rotatable bonds is 0. The molecule has 0 atom stereocenters. The fraction of sp³-hybridized carbons (Fsp3) is 0.143. The predicted octanol–water partition coefficient (Wildman–Crippen LogP) is 7.03. The van der Waals surface area contributed by atoms with Gasteiger partial charge in [-0.2, -0.15) is 0 Å². The number of aromatic hydroxyl groups is 8. The van der Waals surface area contributed by atoms with Gasteiger partial charge in [-0.15, -0.1) is 0 Å². The number of anilines is 8. The second kappa shape index (κ2) is 18.5. The standard InChI is InChI=1S/C56H56N8O8/c57-41-9-25-1-26-10-42(58)12-28(50(26)66)3-30-14-44(60)16-32(52(30)68)5-34-18-46(62)20-36(54(34)70)7-38-22-48(64)24-40(56(38)72)8-39-23-47(63)21-37(55(39)71)6-35-19-45(61)17-33(53(35)69)4-31-15-43(59)13-29(51(31)67)2-27(11-41)49(25)65/h9-24,65-72H,1-8,57-64H2. The van der Waals surface area contributed by atoms with E-state index in [1.807, 2.05) is 0 Å². The average Bonchev–Trinajstić information content (AvgIpc) is 3.30. The molecule has 0 saturated carbocycles. The van der Waals surface area contributed by atoms with Gasteiger partial charge >= 0.3 is 0 Å². The van der Waals surface area contributed by atoms with Crippen molar-refractivity contribution in [3.8, 4) is 46.0 Å². The minimum Gasteiger partial charge on any atom is -0.507 e. The van der Waals surface area contributed by atoms with Crippen molar-refractivity contribution in [1.29, 1.82) is 0 Å². The number of nitrogen functional groups attached to an aromatic ring is 8. The molecule has 0 heterocycles. The molecule has 24 N–H and O–H groups in total. The van der Waals surface area contributed by atoms with Crippen LogP contribution in [0.2, 0.25) is 0 Å². The number of phenols is 8. The Morgan fingerprint density at radius 1 is 0.167 bits per heavy atom. The van der Waals surface area contributed by atoms with Crippen LogP contribution in [-0.2, 0) is 51.4 Å². The molecule has 0 amide bonds. The topological polar surface area (TPSA) is 370 Å². The highest BCUT2D eigenvalue weighted by Gasteiger charge is 2.23. The van der Waals surface area contributed by atoms with Crippen molar-refractivity contribution >= 4 is 45.5 Å². The predicted molar refractivity (Wildman–Crippen MR) is 283 cm³/mol. The lowest BCUT2D eigenvalue weighted by Crippen LogP contribution is -2.04. The van der Waals surface area contributed by atoms with Gasteiger partial charge in [0.25, 0.3) is 0 Å². The molecule has 0 aromatic heterocycles. The highest BCUT2D eigenvalue weighted by atomic mass is 16.3. The van der Waals surface area contributed by atoms with Gasteiger partial charge in [0.1, 0.15) is 46.0 Å². The van der Waals surface area contributed by atoms with Crippen molar-refractivity contribution in [2.75, 3.05) is 45.9 Å². The quantitative estimate of drug-likeness (QED) is 0.0535. The van der Waals surface area contributed by atoms with Crippen LogP contribution in [-0.4, -0.2) is 40.9 Å². The van der Waals surface area contributed by atoms with E-state index in [0.29, 0.717) is 135 Å². The highest BCUT2D eigenvalue weighted by Crippen LogP contribution is 2.43. The summed E-state index contributed by atoms with van der Waals surface area (Å²) in [5.74, 6) is -1.16. The second-order valence-corrected chi connectivity index (χ2v) is 18.9. The molecule has 0 spiro atoms. The van der Waals surface area contributed by atoms with E-state index in [0.717, 1.165) is 0 Å². The number of phenolic OH excluding ortho intramolecular Hbond substituents is 8. The van der Waals surface area contributed by atoms with E-state index < -0.39 is 0 Å². The van der Waals surface area contributed by atoms with Gasteiger partial charge in [0.15, 0.2) is 0 Å². The van der Waals surface area contributed by atoms with Crippen molar-refractivity contribution in [3.63, 3.8) is 0 Å². The van der Waals surface area contributed by atoms with Gasteiger partial charge in [-0.05, 0) is 97.1 Å². The lowest BCUT2D eigenvalue weighted by atomic mass is 9.90. The average molecular weight is 969 g/mol. The Bertz CT molecular complexity index is 2650. The Balaban J connectivity index is 1.18. The zero-order chi connectivity index (χ0) is 51.4. The first-order valence-corrected chi connectivity index (χ1v) is 23.0. The summed E-state index contributed by atoms with van der Waals surface area (Å²) in [6.07, 6.45) is -0.163. The van der Waals surface area contributed by atoms with Crippen LogP contribution in [0.4, 0.5) is 45.5 Å². The molecular weight excluding hydrogens is 913 g/mol. The minimum atomic E-state index is -0.145. The summed E-state index contributed by atoms with van der Waals surface area (Å²) in [4.78, 5) is 0. The summed E-state index contributed by atoms with van der Waals surface area (Å²) in [5.41, 5.74) is 59.3. The van der Waals surface area contributed by atoms with Crippen LogP contribution in [0.5, 0.6) is 46.0 Å². The molecule has 0 saturated heterocycles. The molecule has 368 valence electrons. The number of hydrogen-bond donors (Lipinski definition) is 16. The van der Waals surface area contributed by atoms with Gasteiger partial charge in [-0.3, -0.25) is 0 Å². The van der Waals surface area contributed by atoms with Crippen LogP contribution < -0.4 is 45.9 Å². The molecule has 9 rings (SSSR count). The van der Waals surface area contributed by atoms with E-state index in [2.05, 4.69) is 0 Å². The summed E-state index contributed by atoms with van der Waals surface area (Å²) in [6, 6.07) is 25.2. The summed E-state index contributed by atoms with van der Waals surface area (Å²) in [6.45, 7) is 0. The Morgan fingerprint density at radius 2 is 0.236 bits per heavy atom. The monoisotopic (exact) mass is 968 g/mol. The molecule has 1 aliphatic rings. The van der Waals surface area contributed by atoms with E-state index in [1.54, 1.807) is 97.1 Å². The smallest absolute Gasteiger partial charge is 0.122 e. The highest BCUT2D eigenvalue weighted by molar-refractivity contribution is 5.67. The largest absolute Gasteiger partial charge is 0.507 e. The number of hydrogen-bond acceptors (Lipinski definition) is 16. The molecule has 72 heavy (non-hydrogen) atoms. The van der Waals surface area contributed by atoms with Crippen molar-refractivity contribution in [1.82, 2.24) is 0 Å². The summed E-state index contributed by atoms with van der Waals surface area (Å²) in [7, 11) is 0. The molecule has 16 heteroatoms. The first-order valence-electron chi connectivity index (χ1n) is 23.0. The van der Waals surface area contributed by atoms with Gasteiger partial charge in [-0.25, -0.2) is 0 Å². The molecule has 8 aromatic carbocycles. The molecular formula is C56H56N8O8. The zero-order valence-electron chi connectivity index (χ0n) is 39.1. The van der Waals surface area contributed by atoms with E-state index in [-0.39, 0.29) is 97.4 Å². The van der Waals surface area contributed by atoms with Gasteiger partial charge in [0, 0.05) is 186 Å². The molecule has 16 bridgehead atoms. The molecule has 0 fully saturated rings. The Morgan fingerprint density at radius 3 is 0.306 bits per heavy atom. The van der Waals surface area contributed by atoms with Gasteiger partial charge in [0.05, 0.1) is 0 Å². The molecule has 8 aromatic rings. The van der Waals surface area contributed by atoms with E-state index in [4.69, 9.17) is 45.9 Å². The Labute approximate surface area is 414 Å². The van der Waals surface area contributed by atoms with E-state index >= 15 is 0 Å². The van der Waals surface area contributed by atoms with E-state index in [9.17, 15) is 40.9 Å². The van der Waals surface area contributed by atoms with Gasteiger partial charge < -0.3 is 86.7 Å². The third-order valence-corrected chi connectivity index (χ3v) is 13.4. The van der Waals surface area contributed by atoms with Crippen LogP contribution in [0.15, 0.2) is 97.1 Å². The van der Waals surface area contributed by atoms with Crippen molar-refractivity contribution in [2.45, 2.75) is 51.4 Å². The third-order valence-electron chi connectivity index (χ3n) is 13.4. The summed E-state index contributed by atoms with van der Waals surface area (Å²) < 4.78 is 0. The molecule has 1 aliphatic carbocycles. The first-order chi connectivity index (χ1) is 34.2. The molecule has 0 radical (unpaired) electrons. The van der Waals surface area contributed by atoms with Crippen molar-refractivity contribution in [2.24, 2.45) is 0 Å². The summed E-state index contributed by atoms with van der Waals surface area (Å²) >= 11 is 0. The summed E-state index contributed by atoms with van der Waals surface area (Å²) in [5, 5.41) is 94.2. The molecule has 0 aliphatic heterocycles.